The summed E-state index contributed by atoms with van der Waals surface area (Å²) in [6, 6.07) is 7.15. The third kappa shape index (κ3) is 2.27. The van der Waals surface area contributed by atoms with E-state index in [0.29, 0.717) is 15.3 Å². The fourth-order valence-corrected chi connectivity index (χ4v) is 1.55. The van der Waals surface area contributed by atoms with E-state index in [2.05, 4.69) is 25.9 Å². The molecule has 0 aliphatic rings. The van der Waals surface area contributed by atoms with Crippen LogP contribution in [0.4, 0.5) is 0 Å². The standard InChI is InChI=1S/C10H6BrClN2O/c11-8-5-13-9(14-10(8)15)6-2-1-3-7(12)4-6/h1-5H,(H,13,14,15). The zero-order valence-corrected chi connectivity index (χ0v) is 9.84. The lowest BCUT2D eigenvalue weighted by Crippen LogP contribution is -2.08. The van der Waals surface area contributed by atoms with Gasteiger partial charge in [0.25, 0.3) is 5.56 Å². The van der Waals surface area contributed by atoms with E-state index in [9.17, 15) is 4.79 Å². The quantitative estimate of drug-likeness (QED) is 0.876. The number of halogens is 2. The number of benzene rings is 1. The maximum Gasteiger partial charge on any atom is 0.265 e. The Hall–Kier alpha value is -1.13. The molecule has 1 heterocycles. The highest BCUT2D eigenvalue weighted by Crippen LogP contribution is 2.18. The van der Waals surface area contributed by atoms with Crippen LogP contribution in [0.2, 0.25) is 5.02 Å². The van der Waals surface area contributed by atoms with Crippen molar-refractivity contribution in [2.24, 2.45) is 0 Å². The summed E-state index contributed by atoms with van der Waals surface area (Å²) in [6.45, 7) is 0. The fraction of sp³-hybridized carbons (Fsp3) is 0. The van der Waals surface area contributed by atoms with Gasteiger partial charge in [0.2, 0.25) is 0 Å². The topological polar surface area (TPSA) is 45.8 Å². The van der Waals surface area contributed by atoms with Crippen LogP contribution in [0.1, 0.15) is 0 Å². The minimum Gasteiger partial charge on any atom is -0.306 e. The van der Waals surface area contributed by atoms with Crippen LogP contribution < -0.4 is 5.56 Å². The molecule has 0 radical (unpaired) electrons. The van der Waals surface area contributed by atoms with Crippen LogP contribution in [0, 0.1) is 0 Å². The van der Waals surface area contributed by atoms with Crippen molar-refractivity contribution in [1.82, 2.24) is 9.97 Å². The summed E-state index contributed by atoms with van der Waals surface area (Å²) in [5.74, 6) is 0.505. The van der Waals surface area contributed by atoms with Gasteiger partial charge >= 0.3 is 0 Å². The lowest BCUT2D eigenvalue weighted by molar-refractivity contribution is 1.11. The van der Waals surface area contributed by atoms with Crippen molar-refractivity contribution in [3.05, 3.63) is 50.3 Å². The normalized spacial score (nSPS) is 10.3. The molecule has 15 heavy (non-hydrogen) atoms. The average molecular weight is 286 g/mol. The zero-order valence-electron chi connectivity index (χ0n) is 7.50. The van der Waals surface area contributed by atoms with Crippen molar-refractivity contribution >= 4 is 27.5 Å². The molecule has 0 spiro atoms. The molecule has 0 atom stereocenters. The Morgan fingerprint density at radius 2 is 2.20 bits per heavy atom. The van der Waals surface area contributed by atoms with E-state index in [1.54, 1.807) is 18.2 Å². The summed E-state index contributed by atoms with van der Waals surface area (Å²) >= 11 is 8.92. The molecule has 0 aliphatic heterocycles. The maximum absolute atomic E-state index is 11.3. The number of aromatic nitrogens is 2. The largest absolute Gasteiger partial charge is 0.306 e. The number of nitrogens with one attached hydrogen (secondary N) is 1. The molecule has 0 saturated heterocycles. The first-order valence-electron chi connectivity index (χ1n) is 4.17. The molecule has 0 unspecified atom stereocenters. The average Bonchev–Trinajstić information content (AvgIpc) is 2.22. The molecule has 0 bridgehead atoms. The summed E-state index contributed by atoms with van der Waals surface area (Å²) in [6.07, 6.45) is 1.47. The molecule has 1 aromatic carbocycles. The van der Waals surface area contributed by atoms with E-state index in [-0.39, 0.29) is 5.56 Å². The number of hydrogen-bond acceptors (Lipinski definition) is 2. The molecule has 0 amide bonds. The molecule has 0 saturated carbocycles. The molecule has 3 nitrogen and oxygen atoms in total. The second-order valence-corrected chi connectivity index (χ2v) is 4.21. The third-order valence-corrected chi connectivity index (χ3v) is 2.65. The van der Waals surface area contributed by atoms with E-state index in [1.165, 1.54) is 6.20 Å². The van der Waals surface area contributed by atoms with E-state index in [4.69, 9.17) is 11.6 Å². The van der Waals surface area contributed by atoms with Crippen molar-refractivity contribution in [2.75, 3.05) is 0 Å². The third-order valence-electron chi connectivity index (χ3n) is 1.85. The van der Waals surface area contributed by atoms with Crippen LogP contribution in [0.5, 0.6) is 0 Å². The van der Waals surface area contributed by atoms with Crippen molar-refractivity contribution in [3.63, 3.8) is 0 Å². The van der Waals surface area contributed by atoms with Crippen LogP contribution in [0.25, 0.3) is 11.4 Å². The summed E-state index contributed by atoms with van der Waals surface area (Å²) in [7, 11) is 0. The van der Waals surface area contributed by atoms with Crippen molar-refractivity contribution in [2.45, 2.75) is 0 Å². The van der Waals surface area contributed by atoms with Gasteiger partial charge in [-0.05, 0) is 28.1 Å². The molecule has 5 heteroatoms. The first kappa shape index (κ1) is 10.4. The molecule has 76 valence electrons. The predicted octanol–water partition coefficient (Wildman–Crippen LogP) is 2.85. The number of H-pyrrole nitrogens is 1. The molecule has 2 aromatic rings. The summed E-state index contributed by atoms with van der Waals surface area (Å²) in [5.41, 5.74) is 0.576. The van der Waals surface area contributed by atoms with Crippen molar-refractivity contribution in [3.8, 4) is 11.4 Å². The SMILES string of the molecule is O=c1[nH]c(-c2cccc(Cl)c2)ncc1Br. The van der Waals surface area contributed by atoms with Crippen LogP contribution in [-0.4, -0.2) is 9.97 Å². The predicted molar refractivity (Wildman–Crippen MR) is 63.0 cm³/mol. The zero-order chi connectivity index (χ0) is 10.8. The smallest absolute Gasteiger partial charge is 0.265 e. The van der Waals surface area contributed by atoms with Crippen molar-refractivity contribution in [1.29, 1.82) is 0 Å². The Morgan fingerprint density at radius 1 is 1.40 bits per heavy atom. The van der Waals surface area contributed by atoms with Gasteiger partial charge in [-0.25, -0.2) is 4.98 Å². The highest BCUT2D eigenvalue weighted by Gasteiger charge is 2.02. The van der Waals surface area contributed by atoms with Gasteiger partial charge in [0.05, 0.1) is 0 Å². The van der Waals surface area contributed by atoms with Gasteiger partial charge in [-0.15, -0.1) is 0 Å². The lowest BCUT2D eigenvalue weighted by atomic mass is 10.2. The molecule has 0 aliphatic carbocycles. The van der Waals surface area contributed by atoms with Gasteiger partial charge in [-0.1, -0.05) is 23.7 Å². The second kappa shape index (κ2) is 4.16. The van der Waals surface area contributed by atoms with E-state index < -0.39 is 0 Å². The fourth-order valence-electron chi connectivity index (χ4n) is 1.16. The Morgan fingerprint density at radius 3 is 2.87 bits per heavy atom. The van der Waals surface area contributed by atoms with Gasteiger partial charge in [-0.2, -0.15) is 0 Å². The van der Waals surface area contributed by atoms with Crippen LogP contribution in [0.15, 0.2) is 39.7 Å². The Balaban J connectivity index is 2.55. The number of hydrogen-bond donors (Lipinski definition) is 1. The Bertz CT molecular complexity index is 553. The number of aromatic amines is 1. The molecule has 1 aromatic heterocycles. The number of nitrogens with zero attached hydrogens (tertiary/aromatic N) is 1. The van der Waals surface area contributed by atoms with Gasteiger partial charge in [0, 0.05) is 16.8 Å². The minimum atomic E-state index is -0.208. The monoisotopic (exact) mass is 284 g/mol. The molecule has 0 fully saturated rings. The molecule has 2 rings (SSSR count). The summed E-state index contributed by atoms with van der Waals surface area (Å²) < 4.78 is 0.410. The van der Waals surface area contributed by atoms with E-state index in [0.717, 1.165) is 5.56 Å². The van der Waals surface area contributed by atoms with Crippen LogP contribution in [-0.2, 0) is 0 Å². The molecular formula is C10H6BrClN2O. The van der Waals surface area contributed by atoms with Gasteiger partial charge in [0.1, 0.15) is 10.3 Å². The van der Waals surface area contributed by atoms with Gasteiger partial charge in [-0.3, -0.25) is 4.79 Å². The summed E-state index contributed by atoms with van der Waals surface area (Å²) in [4.78, 5) is 18.1. The van der Waals surface area contributed by atoms with Gasteiger partial charge in [0.15, 0.2) is 0 Å². The molecule has 1 N–H and O–H groups in total. The lowest BCUT2D eigenvalue weighted by Gasteiger charge is -2.00. The highest BCUT2D eigenvalue weighted by atomic mass is 79.9. The van der Waals surface area contributed by atoms with Crippen LogP contribution >= 0.6 is 27.5 Å². The minimum absolute atomic E-state index is 0.208. The van der Waals surface area contributed by atoms with Crippen molar-refractivity contribution < 1.29 is 0 Å². The molecular weight excluding hydrogens is 279 g/mol. The first-order chi connectivity index (χ1) is 7.16. The Kier molecular flexibility index (Phi) is 2.88. The van der Waals surface area contributed by atoms with Crippen LogP contribution in [0.3, 0.4) is 0 Å². The van der Waals surface area contributed by atoms with Gasteiger partial charge < -0.3 is 4.98 Å². The van der Waals surface area contributed by atoms with E-state index >= 15 is 0 Å². The second-order valence-electron chi connectivity index (χ2n) is 2.92. The maximum atomic E-state index is 11.3. The van der Waals surface area contributed by atoms with E-state index in [1.807, 2.05) is 6.07 Å². The first-order valence-corrected chi connectivity index (χ1v) is 5.34. The number of rotatable bonds is 1. The summed E-state index contributed by atoms with van der Waals surface area (Å²) in [5, 5.41) is 0.609. The highest BCUT2D eigenvalue weighted by molar-refractivity contribution is 9.10. The Labute approximate surface area is 99.3 Å².